The Kier molecular flexibility index (Phi) is 3.22. The molecule has 3 aliphatic heterocycles. The van der Waals surface area contributed by atoms with Crippen LogP contribution in [0.15, 0.2) is 36.4 Å². The average Bonchev–Trinajstić information content (AvgIpc) is 3.16. The summed E-state index contributed by atoms with van der Waals surface area (Å²) < 4.78 is 5.89. The second-order valence-electron chi connectivity index (χ2n) is 6.99. The Morgan fingerprint density at radius 2 is 2.08 bits per heavy atom. The van der Waals surface area contributed by atoms with Gasteiger partial charge in [0.2, 0.25) is 5.91 Å². The molecule has 2 fully saturated rings. The highest BCUT2D eigenvalue weighted by Crippen LogP contribution is 2.52. The summed E-state index contributed by atoms with van der Waals surface area (Å²) in [5.41, 5.74) is 1.36. The highest BCUT2D eigenvalue weighted by atomic mass is 16.5. The minimum atomic E-state index is -0.957. The monoisotopic (exact) mass is 328 g/mol. The van der Waals surface area contributed by atoms with Crippen LogP contribution in [0, 0.1) is 11.8 Å². The van der Waals surface area contributed by atoms with Gasteiger partial charge >= 0.3 is 5.97 Å². The second-order valence-corrected chi connectivity index (χ2v) is 6.99. The molecule has 1 N–H and O–H groups in total. The summed E-state index contributed by atoms with van der Waals surface area (Å²) in [6.45, 7) is 0.891. The number of hydrogen-bond donors (Lipinski definition) is 1. The van der Waals surface area contributed by atoms with E-state index in [2.05, 4.69) is 0 Å². The van der Waals surface area contributed by atoms with Gasteiger partial charge in [0, 0.05) is 26.3 Å². The zero-order valence-corrected chi connectivity index (χ0v) is 13.7. The minimum absolute atomic E-state index is 0.120. The third-order valence-electron chi connectivity index (χ3n) is 5.29. The number of carboxylic acids is 1. The summed E-state index contributed by atoms with van der Waals surface area (Å²) in [7, 11) is 3.96. The summed E-state index contributed by atoms with van der Waals surface area (Å²) in [6, 6.07) is 8.02. The molecule has 4 rings (SSSR count). The molecule has 0 saturated carbocycles. The molecule has 126 valence electrons. The van der Waals surface area contributed by atoms with Gasteiger partial charge in [-0.25, -0.2) is 0 Å². The molecular weight excluding hydrogens is 308 g/mol. The molecule has 0 radical (unpaired) electrons. The summed E-state index contributed by atoms with van der Waals surface area (Å²) in [5.74, 6) is -2.46. The van der Waals surface area contributed by atoms with E-state index in [0.717, 1.165) is 11.3 Å². The third-order valence-corrected chi connectivity index (χ3v) is 5.29. The number of benzene rings is 1. The molecule has 2 bridgehead atoms. The summed E-state index contributed by atoms with van der Waals surface area (Å²) in [5, 5.41) is 9.47. The van der Waals surface area contributed by atoms with E-state index in [-0.39, 0.29) is 5.91 Å². The van der Waals surface area contributed by atoms with Gasteiger partial charge in [-0.15, -0.1) is 0 Å². The molecule has 0 aliphatic carbocycles. The largest absolute Gasteiger partial charge is 0.481 e. The first kappa shape index (κ1) is 15.2. The normalized spacial score (nSPS) is 33.2. The number of nitrogens with zero attached hydrogens (tertiary/aromatic N) is 2. The van der Waals surface area contributed by atoms with Crippen molar-refractivity contribution in [1.82, 2.24) is 4.90 Å². The van der Waals surface area contributed by atoms with Crippen molar-refractivity contribution < 1.29 is 19.4 Å². The summed E-state index contributed by atoms with van der Waals surface area (Å²) >= 11 is 0. The number of carboxylic acid groups (broad SMARTS) is 1. The maximum absolute atomic E-state index is 12.8. The Balaban J connectivity index is 1.55. The highest BCUT2D eigenvalue weighted by Gasteiger charge is 2.66. The Hall–Kier alpha value is -2.34. The zero-order valence-electron chi connectivity index (χ0n) is 13.7. The van der Waals surface area contributed by atoms with Crippen LogP contribution >= 0.6 is 0 Å². The second kappa shape index (κ2) is 5.08. The lowest BCUT2D eigenvalue weighted by Gasteiger charge is -2.21. The molecule has 1 aromatic carbocycles. The molecule has 1 spiro atoms. The highest BCUT2D eigenvalue weighted by molar-refractivity contribution is 5.90. The van der Waals surface area contributed by atoms with E-state index in [9.17, 15) is 14.7 Å². The fourth-order valence-electron chi connectivity index (χ4n) is 4.11. The molecule has 0 aromatic heterocycles. The quantitative estimate of drug-likeness (QED) is 0.839. The fraction of sp³-hybridized carbons (Fsp3) is 0.444. The van der Waals surface area contributed by atoms with Crippen LogP contribution in [0.25, 0.3) is 0 Å². The molecule has 3 heterocycles. The van der Waals surface area contributed by atoms with Gasteiger partial charge in [-0.2, -0.15) is 0 Å². The smallest absolute Gasteiger partial charge is 0.310 e. The average molecular weight is 328 g/mol. The van der Waals surface area contributed by atoms with E-state index in [1.54, 1.807) is 11.0 Å². The molecule has 1 amide bonds. The summed E-state index contributed by atoms with van der Waals surface area (Å²) in [6.07, 6.45) is 3.20. The number of fused-ring (bicyclic) bond motifs is 1. The number of ether oxygens (including phenoxy) is 1. The number of carbonyl (C=O) groups excluding carboxylic acids is 1. The predicted octanol–water partition coefficient (Wildman–Crippen LogP) is 1.12. The van der Waals surface area contributed by atoms with Crippen LogP contribution in [0.3, 0.4) is 0 Å². The molecule has 0 unspecified atom stereocenters. The van der Waals surface area contributed by atoms with E-state index in [1.807, 2.05) is 49.3 Å². The number of rotatable bonds is 4. The number of hydrogen-bond acceptors (Lipinski definition) is 4. The van der Waals surface area contributed by atoms with Crippen LogP contribution < -0.4 is 4.90 Å². The van der Waals surface area contributed by atoms with Gasteiger partial charge in [0.05, 0.1) is 18.6 Å². The number of amides is 1. The van der Waals surface area contributed by atoms with Gasteiger partial charge in [0.1, 0.15) is 11.5 Å². The van der Waals surface area contributed by atoms with Crippen molar-refractivity contribution in [2.45, 2.75) is 18.2 Å². The Morgan fingerprint density at radius 3 is 2.71 bits per heavy atom. The topological polar surface area (TPSA) is 70.1 Å². The lowest BCUT2D eigenvalue weighted by Crippen LogP contribution is -2.39. The van der Waals surface area contributed by atoms with Crippen molar-refractivity contribution in [3.63, 3.8) is 0 Å². The maximum Gasteiger partial charge on any atom is 0.310 e. The van der Waals surface area contributed by atoms with Crippen LogP contribution in [0.5, 0.6) is 0 Å². The van der Waals surface area contributed by atoms with Gasteiger partial charge in [0.15, 0.2) is 0 Å². The lowest BCUT2D eigenvalue weighted by molar-refractivity contribution is -0.148. The molecule has 2 saturated heterocycles. The van der Waals surface area contributed by atoms with Crippen molar-refractivity contribution in [2.24, 2.45) is 11.8 Å². The van der Waals surface area contributed by atoms with Crippen molar-refractivity contribution in [3.8, 4) is 0 Å². The van der Waals surface area contributed by atoms with Crippen molar-refractivity contribution in [1.29, 1.82) is 0 Å². The van der Waals surface area contributed by atoms with E-state index >= 15 is 0 Å². The molecule has 24 heavy (non-hydrogen) atoms. The number of aliphatic carboxylic acids is 1. The van der Waals surface area contributed by atoms with Crippen LogP contribution in [0.4, 0.5) is 5.69 Å². The van der Waals surface area contributed by atoms with Gasteiger partial charge in [-0.05, 0) is 17.7 Å². The van der Waals surface area contributed by atoms with E-state index < -0.39 is 29.5 Å². The first-order valence-corrected chi connectivity index (χ1v) is 8.06. The van der Waals surface area contributed by atoms with Crippen LogP contribution in [0.1, 0.15) is 5.56 Å². The van der Waals surface area contributed by atoms with E-state index in [1.165, 1.54) is 0 Å². The molecule has 3 aliphatic rings. The number of likely N-dealkylation sites (tertiary alicyclic amines) is 1. The van der Waals surface area contributed by atoms with E-state index in [4.69, 9.17) is 4.74 Å². The molecule has 1 aromatic rings. The molecular formula is C18H20N2O4. The number of carbonyl (C=O) groups is 2. The first-order chi connectivity index (χ1) is 11.4. The van der Waals surface area contributed by atoms with Crippen LogP contribution in [-0.2, 0) is 20.9 Å². The Bertz CT molecular complexity index is 727. The number of anilines is 1. The Labute approximate surface area is 140 Å². The molecule has 4 atom stereocenters. The van der Waals surface area contributed by atoms with Crippen LogP contribution in [-0.4, -0.2) is 54.2 Å². The van der Waals surface area contributed by atoms with E-state index in [0.29, 0.717) is 13.1 Å². The third kappa shape index (κ3) is 2.06. The van der Waals surface area contributed by atoms with Crippen LogP contribution in [0.2, 0.25) is 0 Å². The first-order valence-electron chi connectivity index (χ1n) is 8.06. The van der Waals surface area contributed by atoms with Crippen molar-refractivity contribution >= 4 is 17.6 Å². The fourth-order valence-corrected chi connectivity index (χ4v) is 4.11. The standard InChI is InChI=1S/C18H20N2O4/c1-19(2)12-5-3-11(4-6-12)9-20-10-18-8-7-13(24-18)14(17(22)23)15(18)16(20)21/h3-8,13-15H,9-10H2,1-2H3,(H,22,23)/t13-,14-,15+,18+/m0/s1. The SMILES string of the molecule is CN(C)c1ccc(CN2C[C@@]34C=C[C@H](O3)[C@H](C(=O)O)[C@@H]4C2=O)cc1. The van der Waals surface area contributed by atoms with Gasteiger partial charge < -0.3 is 19.6 Å². The van der Waals surface area contributed by atoms with Gasteiger partial charge in [-0.1, -0.05) is 24.3 Å². The molecule has 6 heteroatoms. The molecule has 6 nitrogen and oxygen atoms in total. The predicted molar refractivity (Wildman–Crippen MR) is 87.5 cm³/mol. The Morgan fingerprint density at radius 1 is 1.38 bits per heavy atom. The maximum atomic E-state index is 12.8. The van der Waals surface area contributed by atoms with Gasteiger partial charge in [-0.3, -0.25) is 9.59 Å². The minimum Gasteiger partial charge on any atom is -0.481 e. The summed E-state index contributed by atoms with van der Waals surface area (Å²) in [4.78, 5) is 28.1. The lowest BCUT2D eigenvalue weighted by atomic mass is 9.77. The van der Waals surface area contributed by atoms with Gasteiger partial charge in [0.25, 0.3) is 0 Å². The van der Waals surface area contributed by atoms with Crippen molar-refractivity contribution in [3.05, 3.63) is 42.0 Å². The zero-order chi connectivity index (χ0) is 17.1. The van der Waals surface area contributed by atoms with Crippen molar-refractivity contribution in [2.75, 3.05) is 25.5 Å².